The van der Waals surface area contributed by atoms with Crippen molar-refractivity contribution >= 4 is 17.5 Å². The number of aromatic amines is 1. The fourth-order valence-electron chi connectivity index (χ4n) is 2.13. The Morgan fingerprint density at radius 1 is 1.13 bits per heavy atom. The molecular formula is C18H19NO4. The van der Waals surface area contributed by atoms with Gasteiger partial charge in [0.05, 0.1) is 0 Å². The first-order chi connectivity index (χ1) is 10.9. The molecule has 0 spiro atoms. The van der Waals surface area contributed by atoms with Crippen LogP contribution in [0.3, 0.4) is 0 Å². The maximum absolute atomic E-state index is 12.3. The summed E-state index contributed by atoms with van der Waals surface area (Å²) in [4.78, 5) is 38.2. The molecule has 0 aliphatic carbocycles. The number of esters is 1. The molecule has 1 aromatic carbocycles. The molecule has 2 rings (SSSR count). The highest BCUT2D eigenvalue weighted by Crippen LogP contribution is 2.12. The summed E-state index contributed by atoms with van der Waals surface area (Å²) in [6, 6.07) is 8.64. The van der Waals surface area contributed by atoms with E-state index in [4.69, 9.17) is 4.74 Å². The lowest BCUT2D eigenvalue weighted by Crippen LogP contribution is -2.24. The van der Waals surface area contributed by atoms with Gasteiger partial charge in [-0.1, -0.05) is 31.2 Å². The van der Waals surface area contributed by atoms with Crippen molar-refractivity contribution in [1.82, 2.24) is 4.98 Å². The van der Waals surface area contributed by atoms with E-state index in [1.807, 2.05) is 19.1 Å². The standard InChI is InChI=1S/C18H19NO4/c1-4-13-5-7-14(8-6-13)17(21)12(3)23-18(22)16-9-15(10-19-16)11(2)20/h5-10,12,19H,4H2,1-3H3/t12-/m1/s1. The fourth-order valence-corrected chi connectivity index (χ4v) is 2.13. The molecule has 0 aliphatic heterocycles. The van der Waals surface area contributed by atoms with Crippen LogP contribution in [-0.2, 0) is 11.2 Å². The number of hydrogen-bond acceptors (Lipinski definition) is 4. The highest BCUT2D eigenvalue weighted by Gasteiger charge is 2.21. The molecule has 1 heterocycles. The highest BCUT2D eigenvalue weighted by molar-refractivity contribution is 6.02. The van der Waals surface area contributed by atoms with Crippen LogP contribution in [0.2, 0.25) is 0 Å². The molecule has 2 aromatic rings. The van der Waals surface area contributed by atoms with Crippen LogP contribution < -0.4 is 0 Å². The van der Waals surface area contributed by atoms with Gasteiger partial charge in [0.2, 0.25) is 5.78 Å². The van der Waals surface area contributed by atoms with Crippen LogP contribution in [0.1, 0.15) is 57.5 Å². The molecule has 0 aliphatic rings. The molecular weight excluding hydrogens is 294 g/mol. The number of hydrogen-bond donors (Lipinski definition) is 1. The Morgan fingerprint density at radius 2 is 1.78 bits per heavy atom. The predicted molar refractivity (Wildman–Crippen MR) is 85.8 cm³/mol. The lowest BCUT2D eigenvalue weighted by molar-refractivity contribution is 0.0314. The Hall–Kier alpha value is -2.69. The number of benzene rings is 1. The first kappa shape index (κ1) is 16.7. The lowest BCUT2D eigenvalue weighted by Gasteiger charge is -2.12. The van der Waals surface area contributed by atoms with Gasteiger partial charge in [-0.05, 0) is 31.9 Å². The number of aryl methyl sites for hydroxylation is 1. The van der Waals surface area contributed by atoms with Crippen molar-refractivity contribution in [3.8, 4) is 0 Å². The second kappa shape index (κ2) is 7.05. The minimum atomic E-state index is -0.904. The maximum atomic E-state index is 12.3. The number of rotatable bonds is 6. The molecule has 0 saturated carbocycles. The molecule has 120 valence electrons. The van der Waals surface area contributed by atoms with E-state index >= 15 is 0 Å². The number of Topliss-reactive ketones (excluding diaryl/α,β-unsaturated/α-hetero) is 2. The molecule has 5 nitrogen and oxygen atoms in total. The summed E-state index contributed by atoms with van der Waals surface area (Å²) in [7, 11) is 0. The Kier molecular flexibility index (Phi) is 5.11. The number of carbonyl (C=O) groups excluding carboxylic acids is 3. The Bertz CT molecular complexity index is 728. The van der Waals surface area contributed by atoms with E-state index in [-0.39, 0.29) is 17.3 Å². The zero-order chi connectivity index (χ0) is 17.0. The van der Waals surface area contributed by atoms with Crippen LogP contribution in [0.15, 0.2) is 36.5 Å². The average molecular weight is 313 g/mol. The molecule has 5 heteroatoms. The molecule has 23 heavy (non-hydrogen) atoms. The van der Waals surface area contributed by atoms with Gasteiger partial charge in [0, 0.05) is 17.3 Å². The van der Waals surface area contributed by atoms with E-state index in [0.29, 0.717) is 11.1 Å². The zero-order valence-electron chi connectivity index (χ0n) is 13.4. The van der Waals surface area contributed by atoms with Crippen molar-refractivity contribution in [3.63, 3.8) is 0 Å². The summed E-state index contributed by atoms with van der Waals surface area (Å²) >= 11 is 0. The summed E-state index contributed by atoms with van der Waals surface area (Å²) in [5.74, 6) is -1.08. The number of H-pyrrole nitrogens is 1. The van der Waals surface area contributed by atoms with Crippen molar-refractivity contribution in [2.45, 2.75) is 33.3 Å². The molecule has 1 N–H and O–H groups in total. The van der Waals surface area contributed by atoms with E-state index in [1.165, 1.54) is 26.1 Å². The Morgan fingerprint density at radius 3 is 2.30 bits per heavy atom. The van der Waals surface area contributed by atoms with Gasteiger partial charge in [-0.2, -0.15) is 0 Å². The molecule has 0 bridgehead atoms. The Balaban J connectivity index is 2.04. The number of carbonyl (C=O) groups is 3. The van der Waals surface area contributed by atoms with Gasteiger partial charge in [-0.25, -0.2) is 4.79 Å². The van der Waals surface area contributed by atoms with Gasteiger partial charge < -0.3 is 9.72 Å². The van der Waals surface area contributed by atoms with Crippen LogP contribution >= 0.6 is 0 Å². The third-order valence-electron chi connectivity index (χ3n) is 3.61. The van der Waals surface area contributed by atoms with Crippen molar-refractivity contribution in [2.24, 2.45) is 0 Å². The number of nitrogens with one attached hydrogen (secondary N) is 1. The van der Waals surface area contributed by atoms with E-state index in [0.717, 1.165) is 12.0 Å². The molecule has 0 saturated heterocycles. The lowest BCUT2D eigenvalue weighted by atomic mass is 10.0. The first-order valence-corrected chi connectivity index (χ1v) is 7.45. The number of ketones is 2. The van der Waals surface area contributed by atoms with E-state index in [1.54, 1.807) is 12.1 Å². The van der Waals surface area contributed by atoms with E-state index < -0.39 is 12.1 Å². The quantitative estimate of drug-likeness (QED) is 0.656. The SMILES string of the molecule is CCc1ccc(C(=O)[C@@H](C)OC(=O)c2cc(C(C)=O)c[nH]2)cc1. The summed E-state index contributed by atoms with van der Waals surface area (Å²) in [6.07, 6.45) is 1.43. The van der Waals surface area contributed by atoms with Crippen molar-refractivity contribution in [1.29, 1.82) is 0 Å². The van der Waals surface area contributed by atoms with Gasteiger partial charge in [0.25, 0.3) is 0 Å². The largest absolute Gasteiger partial charge is 0.450 e. The van der Waals surface area contributed by atoms with E-state index in [9.17, 15) is 14.4 Å². The van der Waals surface area contributed by atoms with Crippen molar-refractivity contribution < 1.29 is 19.1 Å². The van der Waals surface area contributed by atoms with Crippen LogP contribution in [0.25, 0.3) is 0 Å². The predicted octanol–water partition coefficient (Wildman–Crippen LogP) is 3.21. The Labute approximate surface area is 134 Å². The van der Waals surface area contributed by atoms with Crippen LogP contribution in [-0.4, -0.2) is 28.6 Å². The van der Waals surface area contributed by atoms with Crippen LogP contribution in [0, 0.1) is 0 Å². The summed E-state index contributed by atoms with van der Waals surface area (Å²) in [6.45, 7) is 4.97. The zero-order valence-corrected chi connectivity index (χ0v) is 13.4. The molecule has 1 atom stereocenters. The summed E-state index contributed by atoms with van der Waals surface area (Å²) < 4.78 is 5.17. The fraction of sp³-hybridized carbons (Fsp3) is 0.278. The molecule has 0 amide bonds. The first-order valence-electron chi connectivity index (χ1n) is 7.45. The van der Waals surface area contributed by atoms with Crippen molar-refractivity contribution in [3.05, 3.63) is 58.9 Å². The second-order valence-electron chi connectivity index (χ2n) is 5.32. The van der Waals surface area contributed by atoms with Gasteiger partial charge in [0.15, 0.2) is 11.9 Å². The highest BCUT2D eigenvalue weighted by atomic mass is 16.5. The second-order valence-corrected chi connectivity index (χ2v) is 5.32. The normalized spacial score (nSPS) is 11.8. The third kappa shape index (κ3) is 3.94. The van der Waals surface area contributed by atoms with Gasteiger partial charge in [-0.15, -0.1) is 0 Å². The number of aromatic nitrogens is 1. The van der Waals surface area contributed by atoms with Gasteiger partial charge in [-0.3, -0.25) is 9.59 Å². The monoisotopic (exact) mass is 313 g/mol. The molecule has 0 fully saturated rings. The minimum absolute atomic E-state index is 0.149. The topological polar surface area (TPSA) is 76.2 Å². The summed E-state index contributed by atoms with van der Waals surface area (Å²) in [5, 5.41) is 0. The average Bonchev–Trinajstić information content (AvgIpc) is 3.04. The molecule has 0 unspecified atom stereocenters. The van der Waals surface area contributed by atoms with Gasteiger partial charge >= 0.3 is 5.97 Å². The van der Waals surface area contributed by atoms with Crippen molar-refractivity contribution in [2.75, 3.05) is 0 Å². The van der Waals surface area contributed by atoms with E-state index in [2.05, 4.69) is 4.98 Å². The number of ether oxygens (including phenoxy) is 1. The smallest absolute Gasteiger partial charge is 0.355 e. The maximum Gasteiger partial charge on any atom is 0.355 e. The van der Waals surface area contributed by atoms with Gasteiger partial charge in [0.1, 0.15) is 5.69 Å². The molecule has 0 radical (unpaired) electrons. The minimum Gasteiger partial charge on any atom is -0.450 e. The van der Waals surface area contributed by atoms with Crippen LogP contribution in [0.5, 0.6) is 0 Å². The van der Waals surface area contributed by atoms with Crippen LogP contribution in [0.4, 0.5) is 0 Å². The molecule has 1 aromatic heterocycles. The summed E-state index contributed by atoms with van der Waals surface area (Å²) in [5.41, 5.74) is 2.18. The third-order valence-corrected chi connectivity index (χ3v) is 3.61.